The van der Waals surface area contributed by atoms with E-state index in [1.807, 2.05) is 7.05 Å². The normalized spacial score (nSPS) is 28.0. The van der Waals surface area contributed by atoms with E-state index in [-0.39, 0.29) is 5.54 Å². The lowest BCUT2D eigenvalue weighted by atomic mass is 9.80. The summed E-state index contributed by atoms with van der Waals surface area (Å²) >= 11 is 0. The Hall–Kier alpha value is -0.850. The molecule has 0 aromatic carbocycles. The molecule has 2 heterocycles. The standard InChI is InChI=1S/C19H36N4O2/c1-20-18(21-10-7-17-6-5-13-25-17)22-16-19(8-3-2-4-9-19)23-11-14-24-15-12-23/h17H,2-16H2,1H3,(H2,20,21,22). The third-order valence-electron chi connectivity index (χ3n) is 6.06. The molecule has 3 fully saturated rings. The van der Waals surface area contributed by atoms with Crippen LogP contribution in [0, 0.1) is 0 Å². The molecule has 144 valence electrons. The Kier molecular flexibility index (Phi) is 7.37. The fraction of sp³-hybridized carbons (Fsp3) is 0.947. The van der Waals surface area contributed by atoms with Gasteiger partial charge in [0.2, 0.25) is 0 Å². The van der Waals surface area contributed by atoms with Gasteiger partial charge in [-0.3, -0.25) is 9.89 Å². The summed E-state index contributed by atoms with van der Waals surface area (Å²) in [6.45, 7) is 6.70. The molecule has 3 rings (SSSR count). The van der Waals surface area contributed by atoms with Crippen molar-refractivity contribution in [2.75, 3.05) is 53.0 Å². The number of rotatable bonds is 6. The zero-order valence-electron chi connectivity index (χ0n) is 15.9. The van der Waals surface area contributed by atoms with Crippen molar-refractivity contribution in [1.29, 1.82) is 0 Å². The second kappa shape index (κ2) is 9.74. The van der Waals surface area contributed by atoms with Gasteiger partial charge in [0.25, 0.3) is 0 Å². The van der Waals surface area contributed by atoms with E-state index >= 15 is 0 Å². The predicted octanol–water partition coefficient (Wildman–Crippen LogP) is 1.76. The van der Waals surface area contributed by atoms with Crippen LogP contribution in [0.4, 0.5) is 0 Å². The molecule has 0 aromatic rings. The molecule has 1 unspecified atom stereocenters. The van der Waals surface area contributed by atoms with E-state index in [4.69, 9.17) is 9.47 Å². The predicted molar refractivity (Wildman–Crippen MR) is 101 cm³/mol. The molecule has 1 atom stereocenters. The molecule has 0 bridgehead atoms. The van der Waals surface area contributed by atoms with Gasteiger partial charge in [-0.1, -0.05) is 19.3 Å². The Balaban J connectivity index is 1.48. The summed E-state index contributed by atoms with van der Waals surface area (Å²) in [6.07, 6.45) is 10.5. The van der Waals surface area contributed by atoms with Crippen LogP contribution in [0.2, 0.25) is 0 Å². The summed E-state index contributed by atoms with van der Waals surface area (Å²) in [5.41, 5.74) is 0.272. The molecule has 3 aliphatic rings. The highest BCUT2D eigenvalue weighted by Gasteiger charge is 2.38. The van der Waals surface area contributed by atoms with Crippen molar-refractivity contribution in [3.05, 3.63) is 0 Å². The summed E-state index contributed by atoms with van der Waals surface area (Å²) in [7, 11) is 1.86. The molecular weight excluding hydrogens is 316 g/mol. The lowest BCUT2D eigenvalue weighted by Gasteiger charge is -2.48. The van der Waals surface area contributed by atoms with Crippen LogP contribution in [0.15, 0.2) is 4.99 Å². The van der Waals surface area contributed by atoms with E-state index in [0.29, 0.717) is 6.10 Å². The van der Waals surface area contributed by atoms with Crippen LogP contribution in [0.1, 0.15) is 51.4 Å². The molecule has 6 nitrogen and oxygen atoms in total. The molecule has 2 aliphatic heterocycles. The first kappa shape index (κ1) is 18.9. The number of hydrogen-bond donors (Lipinski definition) is 2. The minimum absolute atomic E-state index is 0.272. The van der Waals surface area contributed by atoms with Crippen molar-refractivity contribution >= 4 is 5.96 Å². The lowest BCUT2D eigenvalue weighted by Crippen LogP contribution is -2.60. The molecule has 0 aromatic heterocycles. The first-order valence-electron chi connectivity index (χ1n) is 10.2. The topological polar surface area (TPSA) is 58.1 Å². The first-order valence-corrected chi connectivity index (χ1v) is 10.2. The second-order valence-corrected chi connectivity index (χ2v) is 7.66. The highest BCUT2D eigenvalue weighted by molar-refractivity contribution is 5.79. The zero-order valence-corrected chi connectivity index (χ0v) is 15.9. The Morgan fingerprint density at radius 3 is 2.56 bits per heavy atom. The van der Waals surface area contributed by atoms with Crippen molar-refractivity contribution in [3.8, 4) is 0 Å². The van der Waals surface area contributed by atoms with Gasteiger partial charge in [-0.25, -0.2) is 0 Å². The van der Waals surface area contributed by atoms with Gasteiger partial charge in [-0.05, 0) is 32.1 Å². The fourth-order valence-electron chi connectivity index (χ4n) is 4.54. The van der Waals surface area contributed by atoms with Crippen molar-refractivity contribution in [2.45, 2.75) is 63.0 Å². The summed E-state index contributed by atoms with van der Waals surface area (Å²) in [4.78, 5) is 7.09. The van der Waals surface area contributed by atoms with E-state index in [2.05, 4.69) is 20.5 Å². The summed E-state index contributed by atoms with van der Waals surface area (Å²) in [5, 5.41) is 7.09. The van der Waals surface area contributed by atoms with Gasteiger partial charge in [-0.2, -0.15) is 0 Å². The third-order valence-corrected chi connectivity index (χ3v) is 6.06. The molecule has 0 radical (unpaired) electrons. The van der Waals surface area contributed by atoms with Gasteiger partial charge < -0.3 is 20.1 Å². The van der Waals surface area contributed by atoms with Crippen LogP contribution in [0.3, 0.4) is 0 Å². The zero-order chi connectivity index (χ0) is 17.4. The summed E-state index contributed by atoms with van der Waals surface area (Å²) in [5.74, 6) is 0.927. The molecular formula is C19H36N4O2. The smallest absolute Gasteiger partial charge is 0.191 e. The molecule has 2 saturated heterocycles. The SMILES string of the molecule is CN=C(NCCC1CCCO1)NCC1(N2CCOCC2)CCCCC1. The van der Waals surface area contributed by atoms with E-state index in [1.165, 1.54) is 44.9 Å². The highest BCUT2D eigenvalue weighted by atomic mass is 16.5. The molecule has 0 amide bonds. The summed E-state index contributed by atoms with van der Waals surface area (Å²) in [6, 6.07) is 0. The Morgan fingerprint density at radius 2 is 1.88 bits per heavy atom. The van der Waals surface area contributed by atoms with Crippen LogP contribution < -0.4 is 10.6 Å². The van der Waals surface area contributed by atoms with Gasteiger partial charge in [0, 0.05) is 45.4 Å². The van der Waals surface area contributed by atoms with Crippen molar-refractivity contribution < 1.29 is 9.47 Å². The number of morpholine rings is 1. The van der Waals surface area contributed by atoms with Crippen LogP contribution in [-0.2, 0) is 9.47 Å². The number of nitrogens with zero attached hydrogens (tertiary/aromatic N) is 2. The van der Waals surface area contributed by atoms with Crippen molar-refractivity contribution in [3.63, 3.8) is 0 Å². The molecule has 1 aliphatic carbocycles. The van der Waals surface area contributed by atoms with Crippen LogP contribution in [0.25, 0.3) is 0 Å². The van der Waals surface area contributed by atoms with Gasteiger partial charge in [0.05, 0.1) is 19.3 Å². The number of hydrogen-bond acceptors (Lipinski definition) is 4. The first-order chi connectivity index (χ1) is 12.3. The quantitative estimate of drug-likeness (QED) is 0.563. The fourth-order valence-corrected chi connectivity index (χ4v) is 4.54. The third kappa shape index (κ3) is 5.31. The maximum Gasteiger partial charge on any atom is 0.191 e. The van der Waals surface area contributed by atoms with E-state index in [9.17, 15) is 0 Å². The molecule has 0 spiro atoms. The molecule has 1 saturated carbocycles. The molecule has 25 heavy (non-hydrogen) atoms. The highest BCUT2D eigenvalue weighted by Crippen LogP contribution is 2.33. The van der Waals surface area contributed by atoms with Crippen LogP contribution >= 0.6 is 0 Å². The molecule has 2 N–H and O–H groups in total. The minimum atomic E-state index is 0.272. The van der Waals surface area contributed by atoms with Gasteiger partial charge in [0.1, 0.15) is 0 Å². The number of nitrogens with one attached hydrogen (secondary N) is 2. The maximum atomic E-state index is 5.70. The Bertz CT molecular complexity index is 412. The number of guanidine groups is 1. The Labute approximate surface area is 152 Å². The van der Waals surface area contributed by atoms with Gasteiger partial charge in [0.15, 0.2) is 5.96 Å². The minimum Gasteiger partial charge on any atom is -0.379 e. The number of ether oxygens (including phenoxy) is 2. The summed E-state index contributed by atoms with van der Waals surface area (Å²) < 4.78 is 11.3. The van der Waals surface area contributed by atoms with E-state index in [0.717, 1.165) is 58.4 Å². The Morgan fingerprint density at radius 1 is 1.08 bits per heavy atom. The van der Waals surface area contributed by atoms with Crippen molar-refractivity contribution in [1.82, 2.24) is 15.5 Å². The maximum absolute atomic E-state index is 5.70. The van der Waals surface area contributed by atoms with Crippen LogP contribution in [-0.4, -0.2) is 75.5 Å². The van der Waals surface area contributed by atoms with E-state index < -0.39 is 0 Å². The number of aliphatic imine (C=N–C) groups is 1. The van der Waals surface area contributed by atoms with Gasteiger partial charge >= 0.3 is 0 Å². The average molecular weight is 353 g/mol. The second-order valence-electron chi connectivity index (χ2n) is 7.66. The molecule has 6 heteroatoms. The average Bonchev–Trinajstić information content (AvgIpc) is 3.19. The monoisotopic (exact) mass is 352 g/mol. The largest absolute Gasteiger partial charge is 0.379 e. The lowest BCUT2D eigenvalue weighted by molar-refractivity contribution is -0.0352. The van der Waals surface area contributed by atoms with E-state index in [1.54, 1.807) is 0 Å². The van der Waals surface area contributed by atoms with Gasteiger partial charge in [-0.15, -0.1) is 0 Å². The van der Waals surface area contributed by atoms with Crippen molar-refractivity contribution in [2.24, 2.45) is 4.99 Å². The van der Waals surface area contributed by atoms with Crippen LogP contribution in [0.5, 0.6) is 0 Å².